The number of rotatable bonds is 0. The van der Waals surface area contributed by atoms with Crippen molar-refractivity contribution in [1.82, 2.24) is 0 Å². The van der Waals surface area contributed by atoms with Gasteiger partial charge >= 0.3 is 5.97 Å². The van der Waals surface area contributed by atoms with Gasteiger partial charge in [-0.2, -0.15) is 0 Å². The zero-order valence-corrected chi connectivity index (χ0v) is 9.89. The summed E-state index contributed by atoms with van der Waals surface area (Å²) in [4.78, 5) is 11.4. The average molecular weight is 292 g/mol. The second kappa shape index (κ2) is 3.26. The van der Waals surface area contributed by atoms with Crippen molar-refractivity contribution in [2.24, 2.45) is 0 Å². The Morgan fingerprint density at radius 2 is 1.92 bits per heavy atom. The smallest absolute Gasteiger partial charge is 0.335 e. The SMILES string of the molecule is CC1=C(I)C2(CCCCC2)OC1=O. The van der Waals surface area contributed by atoms with E-state index in [0.29, 0.717) is 0 Å². The third kappa shape index (κ3) is 1.41. The second-order valence-electron chi connectivity index (χ2n) is 3.88. The Hall–Kier alpha value is -0.0600. The number of hydrogen-bond acceptors (Lipinski definition) is 2. The number of esters is 1. The van der Waals surface area contributed by atoms with Crippen LogP contribution in [0.3, 0.4) is 0 Å². The molecule has 1 spiro atoms. The largest absolute Gasteiger partial charge is 0.450 e. The van der Waals surface area contributed by atoms with Crippen molar-refractivity contribution < 1.29 is 9.53 Å². The van der Waals surface area contributed by atoms with Gasteiger partial charge in [-0.25, -0.2) is 4.79 Å². The molecule has 0 unspecified atom stereocenters. The number of carbonyl (C=O) groups is 1. The molecule has 0 aromatic rings. The molecular formula is C10H13IO2. The molecule has 2 aliphatic rings. The number of ether oxygens (including phenoxy) is 1. The van der Waals surface area contributed by atoms with Crippen molar-refractivity contribution in [2.45, 2.75) is 44.6 Å². The van der Waals surface area contributed by atoms with Gasteiger partial charge in [0.05, 0.1) is 0 Å². The van der Waals surface area contributed by atoms with Crippen LogP contribution in [0.15, 0.2) is 9.15 Å². The van der Waals surface area contributed by atoms with Crippen LogP contribution in [0.5, 0.6) is 0 Å². The molecule has 1 fully saturated rings. The maximum absolute atomic E-state index is 11.4. The van der Waals surface area contributed by atoms with Gasteiger partial charge in [-0.1, -0.05) is 6.42 Å². The minimum atomic E-state index is -0.208. The van der Waals surface area contributed by atoms with E-state index in [1.165, 1.54) is 19.3 Å². The first-order valence-electron chi connectivity index (χ1n) is 4.76. The van der Waals surface area contributed by atoms with Gasteiger partial charge in [0.15, 0.2) is 0 Å². The van der Waals surface area contributed by atoms with Gasteiger partial charge in [-0.15, -0.1) is 0 Å². The molecule has 3 heteroatoms. The van der Waals surface area contributed by atoms with E-state index in [9.17, 15) is 4.79 Å². The third-order valence-corrected chi connectivity index (χ3v) is 4.78. The van der Waals surface area contributed by atoms with Crippen LogP contribution in [-0.4, -0.2) is 11.6 Å². The summed E-state index contributed by atoms with van der Waals surface area (Å²) in [7, 11) is 0. The number of halogens is 1. The van der Waals surface area contributed by atoms with Gasteiger partial charge in [0.1, 0.15) is 5.60 Å². The summed E-state index contributed by atoms with van der Waals surface area (Å²) < 4.78 is 6.64. The highest BCUT2D eigenvalue weighted by molar-refractivity contribution is 14.1. The fourth-order valence-corrected chi connectivity index (χ4v) is 3.04. The topological polar surface area (TPSA) is 26.3 Å². The molecule has 1 saturated carbocycles. The lowest BCUT2D eigenvalue weighted by atomic mass is 9.84. The maximum atomic E-state index is 11.4. The Balaban J connectivity index is 2.30. The van der Waals surface area contributed by atoms with Crippen molar-refractivity contribution in [3.63, 3.8) is 0 Å². The lowest BCUT2D eigenvalue weighted by Gasteiger charge is -2.32. The maximum Gasteiger partial charge on any atom is 0.335 e. The molecule has 72 valence electrons. The van der Waals surface area contributed by atoms with E-state index < -0.39 is 0 Å². The Labute approximate surface area is 91.9 Å². The molecule has 1 aliphatic carbocycles. The first-order chi connectivity index (χ1) is 6.16. The summed E-state index contributed by atoms with van der Waals surface area (Å²) in [6, 6.07) is 0. The minimum Gasteiger partial charge on any atom is -0.450 e. The predicted octanol–water partition coefficient (Wildman–Crippen LogP) is 2.96. The molecular weight excluding hydrogens is 279 g/mol. The van der Waals surface area contributed by atoms with Crippen LogP contribution in [0.1, 0.15) is 39.0 Å². The highest BCUT2D eigenvalue weighted by Crippen LogP contribution is 2.46. The fraction of sp³-hybridized carbons (Fsp3) is 0.700. The molecule has 0 aromatic carbocycles. The van der Waals surface area contributed by atoms with E-state index in [1.807, 2.05) is 6.92 Å². The van der Waals surface area contributed by atoms with Gasteiger partial charge in [-0.3, -0.25) is 0 Å². The summed E-state index contributed by atoms with van der Waals surface area (Å²) in [5.74, 6) is -0.105. The van der Waals surface area contributed by atoms with Crippen LogP contribution in [0, 0.1) is 0 Å². The zero-order chi connectivity index (χ0) is 9.47. The van der Waals surface area contributed by atoms with Crippen molar-refractivity contribution in [2.75, 3.05) is 0 Å². The van der Waals surface area contributed by atoms with Crippen molar-refractivity contribution in [3.05, 3.63) is 9.15 Å². The van der Waals surface area contributed by atoms with Crippen LogP contribution in [0.25, 0.3) is 0 Å². The average Bonchev–Trinajstić information content (AvgIpc) is 2.33. The highest BCUT2D eigenvalue weighted by Gasteiger charge is 2.45. The predicted molar refractivity (Wildman–Crippen MR) is 58.6 cm³/mol. The molecule has 0 radical (unpaired) electrons. The lowest BCUT2D eigenvalue weighted by Crippen LogP contribution is -2.32. The summed E-state index contributed by atoms with van der Waals surface area (Å²) in [6.07, 6.45) is 5.70. The van der Waals surface area contributed by atoms with Gasteiger partial charge in [0.25, 0.3) is 0 Å². The molecule has 0 aromatic heterocycles. The van der Waals surface area contributed by atoms with Crippen molar-refractivity contribution in [3.8, 4) is 0 Å². The Bertz CT molecular complexity index is 275. The Kier molecular flexibility index (Phi) is 2.38. The molecule has 0 atom stereocenters. The summed E-state index contributed by atoms with van der Waals surface area (Å²) in [5.41, 5.74) is 0.613. The minimum absolute atomic E-state index is 0.105. The molecule has 2 rings (SSSR count). The second-order valence-corrected chi connectivity index (χ2v) is 4.96. The number of carbonyl (C=O) groups excluding carboxylic acids is 1. The standard InChI is InChI=1S/C10H13IO2/c1-7-8(11)10(13-9(7)12)5-3-2-4-6-10/h2-6H2,1H3. The normalized spacial score (nSPS) is 26.8. The lowest BCUT2D eigenvalue weighted by molar-refractivity contribution is -0.148. The van der Waals surface area contributed by atoms with E-state index in [-0.39, 0.29) is 11.6 Å². The van der Waals surface area contributed by atoms with E-state index in [4.69, 9.17) is 4.74 Å². The van der Waals surface area contributed by atoms with Crippen LogP contribution in [0.4, 0.5) is 0 Å². The van der Waals surface area contributed by atoms with E-state index >= 15 is 0 Å². The van der Waals surface area contributed by atoms with Crippen molar-refractivity contribution in [1.29, 1.82) is 0 Å². The monoisotopic (exact) mass is 292 g/mol. The molecule has 1 heterocycles. The highest BCUT2D eigenvalue weighted by atomic mass is 127. The van der Waals surface area contributed by atoms with Gasteiger partial charge < -0.3 is 4.74 Å². The molecule has 13 heavy (non-hydrogen) atoms. The summed E-state index contributed by atoms with van der Waals surface area (Å²) >= 11 is 2.28. The van der Waals surface area contributed by atoms with Crippen LogP contribution < -0.4 is 0 Å². The quantitative estimate of drug-likeness (QED) is 0.507. The zero-order valence-electron chi connectivity index (χ0n) is 7.73. The fourth-order valence-electron chi connectivity index (χ4n) is 2.17. The molecule has 1 aliphatic heterocycles. The van der Waals surface area contributed by atoms with Crippen molar-refractivity contribution >= 4 is 28.6 Å². The molecule has 0 bridgehead atoms. The molecule has 0 N–H and O–H groups in total. The molecule has 2 nitrogen and oxygen atoms in total. The molecule has 0 amide bonds. The van der Waals surface area contributed by atoms with E-state index in [1.54, 1.807) is 0 Å². The van der Waals surface area contributed by atoms with E-state index in [2.05, 4.69) is 22.6 Å². The first-order valence-corrected chi connectivity index (χ1v) is 5.84. The van der Waals surface area contributed by atoms with E-state index in [0.717, 1.165) is 22.0 Å². The number of hydrogen-bond donors (Lipinski definition) is 0. The summed E-state index contributed by atoms with van der Waals surface area (Å²) in [5, 5.41) is 0. The van der Waals surface area contributed by atoms with Crippen LogP contribution >= 0.6 is 22.6 Å². The Morgan fingerprint density at radius 3 is 2.38 bits per heavy atom. The molecule has 0 saturated heterocycles. The first kappa shape index (κ1) is 9.49. The van der Waals surface area contributed by atoms with Crippen LogP contribution in [0.2, 0.25) is 0 Å². The van der Waals surface area contributed by atoms with Gasteiger partial charge in [-0.05, 0) is 55.2 Å². The Morgan fingerprint density at radius 1 is 1.31 bits per heavy atom. The van der Waals surface area contributed by atoms with Crippen LogP contribution in [-0.2, 0) is 9.53 Å². The van der Waals surface area contributed by atoms with Gasteiger partial charge in [0.2, 0.25) is 0 Å². The summed E-state index contributed by atoms with van der Waals surface area (Å²) in [6.45, 7) is 1.87. The third-order valence-electron chi connectivity index (χ3n) is 2.98. The van der Waals surface area contributed by atoms with Gasteiger partial charge in [0, 0.05) is 9.15 Å².